The molecular weight excluding hydrogens is 200 g/mol. The van der Waals surface area contributed by atoms with Crippen molar-refractivity contribution < 1.29 is 4.74 Å². The van der Waals surface area contributed by atoms with E-state index in [9.17, 15) is 0 Å². The molecule has 94 valence electrons. The monoisotopic (exact) mass is 226 g/mol. The zero-order valence-corrected chi connectivity index (χ0v) is 10.6. The average Bonchev–Trinajstić information content (AvgIpc) is 2.81. The van der Waals surface area contributed by atoms with Crippen LogP contribution >= 0.6 is 0 Å². The fourth-order valence-electron chi connectivity index (χ4n) is 2.83. The summed E-state index contributed by atoms with van der Waals surface area (Å²) in [5, 5.41) is 3.43. The first-order valence-electron chi connectivity index (χ1n) is 6.81. The van der Waals surface area contributed by atoms with E-state index in [1.165, 1.54) is 51.9 Å². The number of hydrogen-bond acceptors (Lipinski definition) is 3. The van der Waals surface area contributed by atoms with Crippen molar-refractivity contribution in [1.82, 2.24) is 10.2 Å². The van der Waals surface area contributed by atoms with Crippen LogP contribution in [0, 0.1) is 11.8 Å². The summed E-state index contributed by atoms with van der Waals surface area (Å²) in [7, 11) is 2.26. The molecule has 3 heteroatoms. The van der Waals surface area contributed by atoms with Crippen molar-refractivity contribution in [3.8, 4) is 0 Å². The maximum atomic E-state index is 5.42. The molecule has 2 aliphatic heterocycles. The third-order valence-electron chi connectivity index (χ3n) is 3.97. The summed E-state index contributed by atoms with van der Waals surface area (Å²) in [6.07, 6.45) is 5.39. The van der Waals surface area contributed by atoms with Gasteiger partial charge in [-0.25, -0.2) is 0 Å². The van der Waals surface area contributed by atoms with Crippen LogP contribution < -0.4 is 5.32 Å². The maximum Gasteiger partial charge on any atom is 0.0507 e. The van der Waals surface area contributed by atoms with Crippen LogP contribution in [0.3, 0.4) is 0 Å². The molecule has 0 bridgehead atoms. The molecule has 0 aromatic rings. The number of hydrogen-bond donors (Lipinski definition) is 1. The van der Waals surface area contributed by atoms with E-state index in [0.29, 0.717) is 0 Å². The molecule has 0 aliphatic carbocycles. The molecule has 0 saturated carbocycles. The minimum Gasteiger partial charge on any atom is -0.381 e. The van der Waals surface area contributed by atoms with Gasteiger partial charge < -0.3 is 15.0 Å². The van der Waals surface area contributed by atoms with Gasteiger partial charge in [-0.3, -0.25) is 0 Å². The zero-order valence-electron chi connectivity index (χ0n) is 10.6. The number of rotatable bonds is 5. The highest BCUT2D eigenvalue weighted by atomic mass is 16.5. The van der Waals surface area contributed by atoms with Crippen LogP contribution in [-0.2, 0) is 4.74 Å². The molecule has 0 spiro atoms. The first kappa shape index (κ1) is 12.3. The third kappa shape index (κ3) is 4.04. The molecule has 0 amide bonds. The first-order chi connectivity index (χ1) is 7.84. The zero-order chi connectivity index (χ0) is 11.2. The lowest BCUT2D eigenvalue weighted by atomic mass is 9.94. The standard InChI is InChI=1S/C13H26N2O/c1-15(10-13-5-9-16-11-13)8-4-12-2-6-14-7-3-12/h12-14H,2-11H2,1H3. The normalized spacial score (nSPS) is 27.8. The summed E-state index contributed by atoms with van der Waals surface area (Å²) >= 11 is 0. The summed E-state index contributed by atoms with van der Waals surface area (Å²) < 4.78 is 5.42. The van der Waals surface area contributed by atoms with E-state index in [4.69, 9.17) is 4.74 Å². The van der Waals surface area contributed by atoms with Crippen molar-refractivity contribution in [2.24, 2.45) is 11.8 Å². The first-order valence-corrected chi connectivity index (χ1v) is 6.81. The smallest absolute Gasteiger partial charge is 0.0507 e. The fraction of sp³-hybridized carbons (Fsp3) is 1.00. The molecule has 2 aliphatic rings. The predicted molar refractivity (Wildman–Crippen MR) is 66.6 cm³/mol. The van der Waals surface area contributed by atoms with E-state index in [1.807, 2.05) is 0 Å². The van der Waals surface area contributed by atoms with Gasteiger partial charge in [0.1, 0.15) is 0 Å². The van der Waals surface area contributed by atoms with Gasteiger partial charge in [0.05, 0.1) is 6.61 Å². The fourth-order valence-corrected chi connectivity index (χ4v) is 2.83. The van der Waals surface area contributed by atoms with E-state index < -0.39 is 0 Å². The molecular formula is C13H26N2O. The van der Waals surface area contributed by atoms with E-state index in [1.54, 1.807) is 0 Å². The van der Waals surface area contributed by atoms with E-state index in [-0.39, 0.29) is 0 Å². The van der Waals surface area contributed by atoms with Gasteiger partial charge in [-0.05, 0) is 64.2 Å². The highest BCUT2D eigenvalue weighted by Crippen LogP contribution is 2.17. The molecule has 2 saturated heterocycles. The highest BCUT2D eigenvalue weighted by molar-refractivity contribution is 4.72. The van der Waals surface area contributed by atoms with Crippen LogP contribution in [0.2, 0.25) is 0 Å². The van der Waals surface area contributed by atoms with Crippen LogP contribution in [0.1, 0.15) is 25.7 Å². The van der Waals surface area contributed by atoms with Gasteiger partial charge in [0, 0.05) is 13.2 Å². The van der Waals surface area contributed by atoms with Gasteiger partial charge in [-0.1, -0.05) is 0 Å². The van der Waals surface area contributed by atoms with Crippen molar-refractivity contribution in [1.29, 1.82) is 0 Å². The Balaban J connectivity index is 1.57. The molecule has 0 radical (unpaired) electrons. The summed E-state index contributed by atoms with van der Waals surface area (Å²) in [6.45, 7) is 6.91. The quantitative estimate of drug-likeness (QED) is 0.766. The van der Waals surface area contributed by atoms with Crippen molar-refractivity contribution in [3.05, 3.63) is 0 Å². The summed E-state index contributed by atoms with van der Waals surface area (Å²) in [5.74, 6) is 1.75. The summed E-state index contributed by atoms with van der Waals surface area (Å²) in [4.78, 5) is 2.50. The van der Waals surface area contributed by atoms with Gasteiger partial charge in [-0.15, -0.1) is 0 Å². The molecule has 2 heterocycles. The number of nitrogens with zero attached hydrogens (tertiary/aromatic N) is 1. The van der Waals surface area contributed by atoms with Crippen LogP contribution in [0.4, 0.5) is 0 Å². The van der Waals surface area contributed by atoms with Gasteiger partial charge in [0.2, 0.25) is 0 Å². The van der Waals surface area contributed by atoms with Crippen molar-refractivity contribution in [2.75, 3.05) is 46.4 Å². The lowest BCUT2D eigenvalue weighted by molar-refractivity contribution is 0.171. The average molecular weight is 226 g/mol. The number of ether oxygens (including phenoxy) is 1. The van der Waals surface area contributed by atoms with Gasteiger partial charge in [-0.2, -0.15) is 0 Å². The van der Waals surface area contributed by atoms with Crippen LogP contribution in [-0.4, -0.2) is 51.3 Å². The molecule has 1 unspecified atom stereocenters. The molecule has 16 heavy (non-hydrogen) atoms. The third-order valence-corrected chi connectivity index (χ3v) is 3.97. The Labute approximate surface area is 99.5 Å². The summed E-state index contributed by atoms with van der Waals surface area (Å²) in [6, 6.07) is 0. The Morgan fingerprint density at radius 2 is 2.00 bits per heavy atom. The molecule has 2 fully saturated rings. The summed E-state index contributed by atoms with van der Waals surface area (Å²) in [5.41, 5.74) is 0. The van der Waals surface area contributed by atoms with Gasteiger partial charge in [0.15, 0.2) is 0 Å². The maximum absolute atomic E-state index is 5.42. The Morgan fingerprint density at radius 1 is 1.19 bits per heavy atom. The van der Waals surface area contributed by atoms with E-state index >= 15 is 0 Å². The SMILES string of the molecule is CN(CCC1CCNCC1)CC1CCOC1. The second-order valence-corrected chi connectivity index (χ2v) is 5.47. The Hall–Kier alpha value is -0.120. The van der Waals surface area contributed by atoms with Crippen molar-refractivity contribution in [3.63, 3.8) is 0 Å². The Morgan fingerprint density at radius 3 is 2.69 bits per heavy atom. The molecule has 1 N–H and O–H groups in total. The predicted octanol–water partition coefficient (Wildman–Crippen LogP) is 1.34. The van der Waals surface area contributed by atoms with Crippen molar-refractivity contribution >= 4 is 0 Å². The molecule has 0 aromatic carbocycles. The topological polar surface area (TPSA) is 24.5 Å². The molecule has 0 aromatic heterocycles. The number of piperidine rings is 1. The van der Waals surface area contributed by atoms with E-state index in [2.05, 4.69) is 17.3 Å². The Kier molecular flexibility index (Phi) is 5.07. The minimum atomic E-state index is 0.790. The lowest BCUT2D eigenvalue weighted by Crippen LogP contribution is -2.32. The lowest BCUT2D eigenvalue weighted by Gasteiger charge is -2.26. The molecule has 2 rings (SSSR count). The van der Waals surface area contributed by atoms with E-state index in [0.717, 1.165) is 25.0 Å². The second-order valence-electron chi connectivity index (χ2n) is 5.47. The molecule has 1 atom stereocenters. The highest BCUT2D eigenvalue weighted by Gasteiger charge is 2.18. The van der Waals surface area contributed by atoms with Crippen LogP contribution in [0.25, 0.3) is 0 Å². The largest absolute Gasteiger partial charge is 0.381 e. The number of nitrogens with one attached hydrogen (secondary N) is 1. The minimum absolute atomic E-state index is 0.790. The van der Waals surface area contributed by atoms with Crippen molar-refractivity contribution in [2.45, 2.75) is 25.7 Å². The van der Waals surface area contributed by atoms with Gasteiger partial charge >= 0.3 is 0 Å². The molecule has 3 nitrogen and oxygen atoms in total. The van der Waals surface area contributed by atoms with Gasteiger partial charge in [0.25, 0.3) is 0 Å². The van der Waals surface area contributed by atoms with Crippen LogP contribution in [0.15, 0.2) is 0 Å². The Bertz CT molecular complexity index is 186. The second kappa shape index (κ2) is 6.58. The van der Waals surface area contributed by atoms with Crippen LogP contribution in [0.5, 0.6) is 0 Å².